The van der Waals surface area contributed by atoms with Crippen LogP contribution in [-0.2, 0) is 0 Å². The van der Waals surface area contributed by atoms with Crippen molar-refractivity contribution < 1.29 is 0 Å². The number of benzene rings is 1. The topological polar surface area (TPSA) is 0 Å². The van der Waals surface area contributed by atoms with E-state index in [0.29, 0.717) is 5.25 Å². The van der Waals surface area contributed by atoms with Crippen LogP contribution in [0.3, 0.4) is 0 Å². The van der Waals surface area contributed by atoms with Crippen LogP contribution in [0.2, 0.25) is 5.02 Å². The molecule has 0 aromatic heterocycles. The Kier molecular flexibility index (Phi) is 3.48. The van der Waals surface area contributed by atoms with Gasteiger partial charge in [-0.15, -0.1) is 11.8 Å². The van der Waals surface area contributed by atoms with E-state index in [9.17, 15) is 0 Å². The number of thioether (sulfide) groups is 1. The Balaban J connectivity index is 2.82. The van der Waals surface area contributed by atoms with Crippen molar-refractivity contribution in [2.75, 3.05) is 0 Å². The van der Waals surface area contributed by atoms with E-state index in [1.165, 1.54) is 4.90 Å². The highest BCUT2D eigenvalue weighted by Gasteiger charge is 2.00. The second kappa shape index (κ2) is 4.20. The molecule has 1 aromatic rings. The van der Waals surface area contributed by atoms with Crippen LogP contribution in [0.4, 0.5) is 0 Å². The van der Waals surface area contributed by atoms with Crippen LogP contribution in [-0.4, -0.2) is 5.25 Å². The van der Waals surface area contributed by atoms with Crippen molar-refractivity contribution in [1.82, 2.24) is 0 Å². The molecule has 2 heteroatoms. The summed E-state index contributed by atoms with van der Waals surface area (Å²) in [6, 6.07) is 6.16. The third-order valence-corrected chi connectivity index (χ3v) is 2.92. The van der Waals surface area contributed by atoms with Gasteiger partial charge in [0.25, 0.3) is 0 Å². The number of halogens is 1. The molecule has 0 spiro atoms. The average Bonchev–Trinajstić information content (AvgIpc) is 1.96. The maximum Gasteiger partial charge on any atom is 0.0435 e. The Hall–Kier alpha value is -0.140. The van der Waals surface area contributed by atoms with Gasteiger partial charge in [0.1, 0.15) is 0 Å². The zero-order valence-electron chi connectivity index (χ0n) is 7.60. The van der Waals surface area contributed by atoms with Crippen molar-refractivity contribution in [3.05, 3.63) is 28.8 Å². The van der Waals surface area contributed by atoms with E-state index in [1.807, 2.05) is 24.8 Å². The average molecular weight is 201 g/mol. The number of hydrogen-bond donors (Lipinski definition) is 0. The molecular formula is C10H13ClS. The molecule has 0 nitrogen and oxygen atoms in total. The SMILES string of the molecule is Cc1cc(SC(C)C)ccc1Cl. The lowest BCUT2D eigenvalue weighted by Crippen LogP contribution is -1.86. The van der Waals surface area contributed by atoms with Crippen LogP contribution in [0.5, 0.6) is 0 Å². The molecule has 0 N–H and O–H groups in total. The highest BCUT2D eigenvalue weighted by atomic mass is 35.5. The van der Waals surface area contributed by atoms with Gasteiger partial charge < -0.3 is 0 Å². The number of aryl methyl sites for hydroxylation is 1. The first kappa shape index (κ1) is 9.94. The fourth-order valence-corrected chi connectivity index (χ4v) is 2.02. The molecule has 1 rings (SSSR count). The summed E-state index contributed by atoms with van der Waals surface area (Å²) in [6.07, 6.45) is 0. The minimum Gasteiger partial charge on any atom is -0.123 e. The maximum atomic E-state index is 5.91. The number of rotatable bonds is 2. The minimum absolute atomic E-state index is 0.630. The van der Waals surface area contributed by atoms with Crippen LogP contribution in [0.25, 0.3) is 0 Å². The summed E-state index contributed by atoms with van der Waals surface area (Å²) in [6.45, 7) is 6.41. The van der Waals surface area contributed by atoms with Crippen LogP contribution in [0, 0.1) is 6.92 Å². The fourth-order valence-electron chi connectivity index (χ4n) is 0.963. The first-order valence-corrected chi connectivity index (χ1v) is 5.28. The van der Waals surface area contributed by atoms with Crippen LogP contribution < -0.4 is 0 Å². The van der Waals surface area contributed by atoms with Crippen molar-refractivity contribution in [1.29, 1.82) is 0 Å². The van der Waals surface area contributed by atoms with E-state index in [-0.39, 0.29) is 0 Å². The smallest absolute Gasteiger partial charge is 0.0435 e. The lowest BCUT2D eigenvalue weighted by Gasteiger charge is -2.05. The Labute approximate surface area is 83.3 Å². The van der Waals surface area contributed by atoms with Gasteiger partial charge in [-0.3, -0.25) is 0 Å². The molecule has 0 radical (unpaired) electrons. The van der Waals surface area contributed by atoms with E-state index in [2.05, 4.69) is 26.0 Å². The fraction of sp³-hybridized carbons (Fsp3) is 0.400. The molecule has 0 saturated heterocycles. The van der Waals surface area contributed by atoms with E-state index in [0.717, 1.165) is 10.6 Å². The molecule has 0 saturated carbocycles. The molecule has 0 bridgehead atoms. The maximum absolute atomic E-state index is 5.91. The molecule has 12 heavy (non-hydrogen) atoms. The van der Waals surface area contributed by atoms with Crippen molar-refractivity contribution in [2.24, 2.45) is 0 Å². The molecule has 0 atom stereocenters. The standard InChI is InChI=1S/C10H13ClS/c1-7(2)12-9-4-5-10(11)8(3)6-9/h4-7H,1-3H3. The lowest BCUT2D eigenvalue weighted by molar-refractivity contribution is 1.11. The summed E-state index contributed by atoms with van der Waals surface area (Å²) in [5.74, 6) is 0. The van der Waals surface area contributed by atoms with Crippen molar-refractivity contribution in [3.63, 3.8) is 0 Å². The van der Waals surface area contributed by atoms with E-state index < -0.39 is 0 Å². The number of hydrogen-bond acceptors (Lipinski definition) is 1. The molecule has 0 aliphatic carbocycles. The highest BCUT2D eigenvalue weighted by Crippen LogP contribution is 2.26. The summed E-state index contributed by atoms with van der Waals surface area (Å²) >= 11 is 7.77. The summed E-state index contributed by atoms with van der Waals surface area (Å²) in [5.41, 5.74) is 1.15. The monoisotopic (exact) mass is 200 g/mol. The molecule has 0 amide bonds. The summed E-state index contributed by atoms with van der Waals surface area (Å²) in [4.78, 5) is 1.30. The molecule has 0 unspecified atom stereocenters. The third kappa shape index (κ3) is 2.72. The molecule has 0 aliphatic rings. The van der Waals surface area contributed by atoms with Gasteiger partial charge in [-0.2, -0.15) is 0 Å². The summed E-state index contributed by atoms with van der Waals surface area (Å²) in [5, 5.41) is 1.48. The quantitative estimate of drug-likeness (QED) is 0.647. The molecular weight excluding hydrogens is 188 g/mol. The Morgan fingerprint density at radius 1 is 1.33 bits per heavy atom. The second-order valence-electron chi connectivity index (χ2n) is 3.08. The molecule has 0 heterocycles. The zero-order valence-corrected chi connectivity index (χ0v) is 9.17. The Bertz CT molecular complexity index is 269. The molecule has 1 aromatic carbocycles. The third-order valence-electron chi connectivity index (χ3n) is 1.50. The summed E-state index contributed by atoms with van der Waals surface area (Å²) in [7, 11) is 0. The zero-order chi connectivity index (χ0) is 9.14. The van der Waals surface area contributed by atoms with Gasteiger partial charge in [-0.05, 0) is 30.7 Å². The van der Waals surface area contributed by atoms with Gasteiger partial charge >= 0.3 is 0 Å². The van der Waals surface area contributed by atoms with Gasteiger partial charge in [-0.1, -0.05) is 25.4 Å². The van der Waals surface area contributed by atoms with Crippen LogP contribution in [0.1, 0.15) is 19.4 Å². The van der Waals surface area contributed by atoms with Crippen molar-refractivity contribution >= 4 is 23.4 Å². The van der Waals surface area contributed by atoms with Crippen molar-refractivity contribution in [3.8, 4) is 0 Å². The van der Waals surface area contributed by atoms with E-state index in [1.54, 1.807) is 0 Å². The van der Waals surface area contributed by atoms with Crippen LogP contribution in [0.15, 0.2) is 23.1 Å². The Morgan fingerprint density at radius 2 is 2.00 bits per heavy atom. The molecule has 0 fully saturated rings. The lowest BCUT2D eigenvalue weighted by atomic mass is 10.2. The predicted molar refractivity (Wildman–Crippen MR) is 57.2 cm³/mol. The van der Waals surface area contributed by atoms with Crippen molar-refractivity contribution in [2.45, 2.75) is 30.9 Å². The van der Waals surface area contributed by atoms with Gasteiger partial charge in [0.15, 0.2) is 0 Å². The van der Waals surface area contributed by atoms with E-state index >= 15 is 0 Å². The van der Waals surface area contributed by atoms with Gasteiger partial charge in [0.2, 0.25) is 0 Å². The Morgan fingerprint density at radius 3 is 2.50 bits per heavy atom. The van der Waals surface area contributed by atoms with Crippen LogP contribution >= 0.6 is 23.4 Å². The van der Waals surface area contributed by atoms with E-state index in [4.69, 9.17) is 11.6 Å². The largest absolute Gasteiger partial charge is 0.123 e. The van der Waals surface area contributed by atoms with Gasteiger partial charge in [0, 0.05) is 15.2 Å². The molecule has 0 aliphatic heterocycles. The molecule has 66 valence electrons. The first-order valence-electron chi connectivity index (χ1n) is 4.02. The summed E-state index contributed by atoms with van der Waals surface area (Å²) < 4.78 is 0. The normalized spacial score (nSPS) is 10.8. The first-order chi connectivity index (χ1) is 5.59. The van der Waals surface area contributed by atoms with Gasteiger partial charge in [-0.25, -0.2) is 0 Å². The minimum atomic E-state index is 0.630. The van der Waals surface area contributed by atoms with Gasteiger partial charge in [0.05, 0.1) is 0 Å². The predicted octanol–water partition coefficient (Wildman–Crippen LogP) is 4.15. The second-order valence-corrected chi connectivity index (χ2v) is 5.13. The highest BCUT2D eigenvalue weighted by molar-refractivity contribution is 7.99.